The summed E-state index contributed by atoms with van der Waals surface area (Å²) in [6.45, 7) is 4.74. The van der Waals surface area contributed by atoms with Crippen LogP contribution in [0.5, 0.6) is 0 Å². The number of carbonyl (C=O) groups is 2. The molecule has 0 radical (unpaired) electrons. The number of hydrogen-bond donors (Lipinski definition) is 1. The molecule has 1 saturated heterocycles. The van der Waals surface area contributed by atoms with E-state index in [1.807, 2.05) is 68.6 Å². The highest BCUT2D eigenvalue weighted by Crippen LogP contribution is 2.26. The molecule has 8 heteroatoms. The molecule has 0 spiro atoms. The van der Waals surface area contributed by atoms with Crippen molar-refractivity contribution in [2.45, 2.75) is 26.1 Å². The second-order valence-electron chi connectivity index (χ2n) is 9.30. The zero-order valence-corrected chi connectivity index (χ0v) is 21.3. The van der Waals surface area contributed by atoms with Crippen LogP contribution in [0.4, 0.5) is 0 Å². The van der Waals surface area contributed by atoms with E-state index < -0.39 is 0 Å². The van der Waals surface area contributed by atoms with Gasteiger partial charge in [-0.15, -0.1) is 0 Å². The minimum Gasteiger partial charge on any atom is -0.372 e. The summed E-state index contributed by atoms with van der Waals surface area (Å²) in [6.07, 6.45) is 6.75. The third kappa shape index (κ3) is 5.71. The normalized spacial score (nSPS) is 17.7. The van der Waals surface area contributed by atoms with Gasteiger partial charge in [0.15, 0.2) is 0 Å². The van der Waals surface area contributed by atoms with Crippen molar-refractivity contribution in [2.24, 2.45) is 0 Å². The van der Waals surface area contributed by atoms with E-state index in [0.717, 1.165) is 11.3 Å². The summed E-state index contributed by atoms with van der Waals surface area (Å²) in [4.78, 5) is 33.0. The molecule has 5 rings (SSSR count). The van der Waals surface area contributed by atoms with Crippen LogP contribution in [0.3, 0.4) is 0 Å². The topological polar surface area (TPSA) is 89.4 Å². The van der Waals surface area contributed by atoms with Crippen molar-refractivity contribution in [3.05, 3.63) is 108 Å². The minimum atomic E-state index is -0.363. The number of para-hydroxylation sites is 1. The Morgan fingerprint density at radius 3 is 2.29 bits per heavy atom. The molecule has 0 saturated carbocycles. The molecule has 1 N–H and O–H groups in total. The van der Waals surface area contributed by atoms with Gasteiger partial charge in [0.05, 0.1) is 17.9 Å². The molecule has 2 amide bonds. The lowest BCUT2D eigenvalue weighted by Crippen LogP contribution is -2.50. The molecule has 3 heterocycles. The van der Waals surface area contributed by atoms with E-state index in [1.165, 1.54) is 0 Å². The fraction of sp³-hybridized carbons (Fsp3) is 0.200. The highest BCUT2D eigenvalue weighted by atomic mass is 16.5. The lowest BCUT2D eigenvalue weighted by Gasteiger charge is -2.35. The fourth-order valence-electron chi connectivity index (χ4n) is 4.54. The fourth-order valence-corrected chi connectivity index (χ4v) is 4.54. The monoisotopic (exact) mass is 507 g/mol. The molecule has 1 aliphatic heterocycles. The highest BCUT2D eigenvalue weighted by molar-refractivity contribution is 6.05. The van der Waals surface area contributed by atoms with Gasteiger partial charge >= 0.3 is 0 Å². The van der Waals surface area contributed by atoms with Crippen LogP contribution in [0, 0.1) is 0 Å². The molecule has 0 aliphatic carbocycles. The maximum absolute atomic E-state index is 13.8. The van der Waals surface area contributed by atoms with Crippen LogP contribution in [-0.2, 0) is 9.53 Å². The first kappa shape index (κ1) is 25.1. The number of ether oxygens (including phenoxy) is 1. The van der Waals surface area contributed by atoms with Crippen molar-refractivity contribution in [1.29, 1.82) is 0 Å². The van der Waals surface area contributed by atoms with E-state index >= 15 is 0 Å². The molecule has 2 aromatic heterocycles. The second kappa shape index (κ2) is 11.2. The van der Waals surface area contributed by atoms with Gasteiger partial charge < -0.3 is 15.0 Å². The van der Waals surface area contributed by atoms with Gasteiger partial charge in [-0.2, -0.15) is 5.10 Å². The Hall–Kier alpha value is -4.56. The maximum atomic E-state index is 13.8. The summed E-state index contributed by atoms with van der Waals surface area (Å²) in [5.41, 5.74) is 3.61. The standard InChI is InChI=1S/C30H29N5O3/c1-21-18-34(19-22(2)38-21)30(37)27(32-29(36)23-10-5-3-6-11-23)16-25-20-35(26-13-7-4-8-14-26)33-28(25)24-12-9-15-31-17-24/h3-17,20-22H,18-19H2,1-2H3,(H,32,36)/b27-16-/t21-,22-/m0/s1. The minimum absolute atomic E-state index is 0.111. The number of nitrogens with zero attached hydrogens (tertiary/aromatic N) is 4. The van der Waals surface area contributed by atoms with E-state index in [0.29, 0.717) is 29.9 Å². The Morgan fingerprint density at radius 1 is 0.947 bits per heavy atom. The molecular weight excluding hydrogens is 478 g/mol. The summed E-state index contributed by atoms with van der Waals surface area (Å²) in [5.74, 6) is -0.640. The van der Waals surface area contributed by atoms with Crippen LogP contribution >= 0.6 is 0 Å². The van der Waals surface area contributed by atoms with E-state index in [4.69, 9.17) is 9.84 Å². The van der Waals surface area contributed by atoms with Crippen LogP contribution in [0.25, 0.3) is 23.0 Å². The van der Waals surface area contributed by atoms with Crippen molar-refractivity contribution < 1.29 is 14.3 Å². The summed E-state index contributed by atoms with van der Waals surface area (Å²) in [6, 6.07) is 22.3. The number of morpholine rings is 1. The van der Waals surface area contributed by atoms with E-state index in [-0.39, 0.29) is 29.7 Å². The largest absolute Gasteiger partial charge is 0.372 e. The number of hydrogen-bond acceptors (Lipinski definition) is 5. The number of benzene rings is 2. The number of pyridine rings is 1. The summed E-state index contributed by atoms with van der Waals surface area (Å²) in [5, 5.41) is 7.69. The third-order valence-corrected chi connectivity index (χ3v) is 6.22. The number of carbonyl (C=O) groups excluding carboxylic acids is 2. The zero-order chi connectivity index (χ0) is 26.5. The Kier molecular flexibility index (Phi) is 7.42. The van der Waals surface area contributed by atoms with Gasteiger partial charge in [-0.1, -0.05) is 36.4 Å². The molecule has 4 aromatic rings. The average molecular weight is 508 g/mol. The Bertz CT molecular complexity index is 1420. The molecule has 38 heavy (non-hydrogen) atoms. The summed E-state index contributed by atoms with van der Waals surface area (Å²) < 4.78 is 7.58. The van der Waals surface area contributed by atoms with Gasteiger partial charge in [-0.3, -0.25) is 14.6 Å². The molecule has 1 fully saturated rings. The molecule has 192 valence electrons. The molecular formula is C30H29N5O3. The molecule has 2 aromatic carbocycles. The second-order valence-corrected chi connectivity index (χ2v) is 9.30. The number of nitrogens with one attached hydrogen (secondary N) is 1. The molecule has 8 nitrogen and oxygen atoms in total. The zero-order valence-electron chi connectivity index (χ0n) is 21.3. The first-order chi connectivity index (χ1) is 18.5. The SMILES string of the molecule is C[C@H]1CN(C(=O)/C(=C/c2cn(-c3ccccc3)nc2-c2cccnc2)NC(=O)c2ccccc2)C[C@H](C)O1. The van der Waals surface area contributed by atoms with Crippen LogP contribution in [0.15, 0.2) is 97.1 Å². The van der Waals surface area contributed by atoms with Crippen molar-refractivity contribution in [3.8, 4) is 16.9 Å². The molecule has 1 aliphatic rings. The van der Waals surface area contributed by atoms with Crippen molar-refractivity contribution in [3.63, 3.8) is 0 Å². The van der Waals surface area contributed by atoms with Crippen molar-refractivity contribution in [2.75, 3.05) is 13.1 Å². The highest BCUT2D eigenvalue weighted by Gasteiger charge is 2.29. The van der Waals surface area contributed by atoms with Crippen molar-refractivity contribution in [1.82, 2.24) is 25.0 Å². The number of rotatable bonds is 6. The lowest BCUT2D eigenvalue weighted by atomic mass is 10.1. The van der Waals surface area contributed by atoms with Gasteiger partial charge in [0.1, 0.15) is 11.4 Å². The number of aromatic nitrogens is 3. The Balaban J connectivity index is 1.59. The first-order valence-electron chi connectivity index (χ1n) is 12.6. The van der Waals surface area contributed by atoms with Crippen molar-refractivity contribution >= 4 is 17.9 Å². The molecule has 0 bridgehead atoms. The van der Waals surface area contributed by atoms with Crippen LogP contribution in [0.1, 0.15) is 29.8 Å². The van der Waals surface area contributed by atoms with E-state index in [9.17, 15) is 9.59 Å². The predicted octanol–water partition coefficient (Wildman–Crippen LogP) is 4.34. The number of amides is 2. The van der Waals surface area contributed by atoms with E-state index in [2.05, 4.69) is 10.3 Å². The third-order valence-electron chi connectivity index (χ3n) is 6.22. The lowest BCUT2D eigenvalue weighted by molar-refractivity contribution is -0.139. The Morgan fingerprint density at radius 2 is 1.63 bits per heavy atom. The molecule has 2 atom stereocenters. The predicted molar refractivity (Wildman–Crippen MR) is 145 cm³/mol. The van der Waals surface area contributed by atoms with Crippen LogP contribution in [0.2, 0.25) is 0 Å². The average Bonchev–Trinajstić information content (AvgIpc) is 3.37. The van der Waals surface area contributed by atoms with Crippen LogP contribution < -0.4 is 5.32 Å². The summed E-state index contributed by atoms with van der Waals surface area (Å²) in [7, 11) is 0. The first-order valence-corrected chi connectivity index (χ1v) is 12.6. The summed E-state index contributed by atoms with van der Waals surface area (Å²) >= 11 is 0. The van der Waals surface area contributed by atoms with Gasteiger partial charge in [0, 0.05) is 48.4 Å². The Labute approximate surface area is 221 Å². The van der Waals surface area contributed by atoms with E-state index in [1.54, 1.807) is 52.3 Å². The van der Waals surface area contributed by atoms with Gasteiger partial charge in [-0.25, -0.2) is 4.68 Å². The maximum Gasteiger partial charge on any atom is 0.270 e. The smallest absolute Gasteiger partial charge is 0.270 e. The van der Waals surface area contributed by atoms with Crippen LogP contribution in [-0.4, -0.2) is 56.8 Å². The van der Waals surface area contributed by atoms with Gasteiger partial charge in [-0.05, 0) is 56.3 Å². The quantitative estimate of drug-likeness (QED) is 0.392. The van der Waals surface area contributed by atoms with Gasteiger partial charge in [0.2, 0.25) is 0 Å². The molecule has 0 unspecified atom stereocenters. The van der Waals surface area contributed by atoms with Gasteiger partial charge in [0.25, 0.3) is 11.8 Å².